The fourth-order valence-electron chi connectivity index (χ4n) is 2.66. The van der Waals surface area contributed by atoms with Crippen molar-refractivity contribution >= 4 is 33.2 Å². The second-order valence-electron chi connectivity index (χ2n) is 5.43. The van der Waals surface area contributed by atoms with E-state index in [4.69, 9.17) is 16.7 Å². The molecule has 130 valence electrons. The lowest BCUT2D eigenvalue weighted by molar-refractivity contribution is 0.0688. The molecule has 1 heterocycles. The molecule has 0 aliphatic heterocycles. The highest BCUT2D eigenvalue weighted by molar-refractivity contribution is 7.90. The summed E-state index contributed by atoms with van der Waals surface area (Å²) in [6, 6.07) is 9.04. The Morgan fingerprint density at radius 3 is 2.56 bits per heavy atom. The number of primary sulfonamides is 1. The molecule has 0 radical (unpaired) electrons. The summed E-state index contributed by atoms with van der Waals surface area (Å²) in [6.45, 7) is 0. The van der Waals surface area contributed by atoms with Crippen molar-refractivity contribution in [3.63, 3.8) is 0 Å². The molecule has 2 atom stereocenters. The average molecular weight is 381 g/mol. The molecule has 0 saturated heterocycles. The SMILES string of the molecule is NS(=O)(=O)C1C=C(c2ccccc2)C=CC1(Cl)c1n[nH]nc1C(=O)O. The van der Waals surface area contributed by atoms with Crippen LogP contribution in [0.4, 0.5) is 0 Å². The van der Waals surface area contributed by atoms with Gasteiger partial charge < -0.3 is 5.11 Å². The highest BCUT2D eigenvalue weighted by Crippen LogP contribution is 2.42. The molecule has 0 amide bonds. The highest BCUT2D eigenvalue weighted by Gasteiger charge is 2.48. The van der Waals surface area contributed by atoms with Crippen molar-refractivity contribution in [1.82, 2.24) is 15.4 Å². The van der Waals surface area contributed by atoms with E-state index in [1.807, 2.05) is 6.07 Å². The van der Waals surface area contributed by atoms with E-state index in [9.17, 15) is 18.3 Å². The smallest absolute Gasteiger partial charge is 0.358 e. The summed E-state index contributed by atoms with van der Waals surface area (Å²) in [4.78, 5) is 9.51. The van der Waals surface area contributed by atoms with E-state index in [1.165, 1.54) is 12.2 Å². The Labute approximate surface area is 148 Å². The number of hydrogen-bond acceptors (Lipinski definition) is 5. The van der Waals surface area contributed by atoms with Crippen molar-refractivity contribution in [2.24, 2.45) is 5.14 Å². The number of halogens is 1. The van der Waals surface area contributed by atoms with E-state index in [0.717, 1.165) is 5.56 Å². The van der Waals surface area contributed by atoms with Crippen molar-refractivity contribution in [2.45, 2.75) is 10.1 Å². The van der Waals surface area contributed by atoms with Gasteiger partial charge in [-0.05, 0) is 11.1 Å². The first-order valence-corrected chi connectivity index (χ1v) is 9.04. The molecule has 2 aromatic rings. The highest BCUT2D eigenvalue weighted by atomic mass is 35.5. The Morgan fingerprint density at radius 1 is 1.28 bits per heavy atom. The number of nitrogens with zero attached hydrogens (tertiary/aromatic N) is 2. The normalized spacial score (nSPS) is 23.3. The molecule has 1 aliphatic carbocycles. The van der Waals surface area contributed by atoms with Crippen molar-refractivity contribution in [3.8, 4) is 0 Å². The lowest BCUT2D eigenvalue weighted by Gasteiger charge is -2.31. The standard InChI is InChI=1S/C15H13ClN4O4S/c16-15(13-12(14(21)22)18-20-19-13)7-6-10(8-11(15)25(17,23)24)9-4-2-1-3-5-9/h1-8,11H,(H,21,22)(H2,17,23,24)(H,18,19,20). The van der Waals surface area contributed by atoms with Crippen LogP contribution in [0, 0.1) is 0 Å². The number of hydrogen-bond donors (Lipinski definition) is 3. The summed E-state index contributed by atoms with van der Waals surface area (Å²) in [5.41, 5.74) is 0.672. The van der Waals surface area contributed by atoms with Gasteiger partial charge in [-0.15, -0.1) is 16.7 Å². The first-order chi connectivity index (χ1) is 11.7. The Bertz CT molecular complexity index is 984. The molecule has 4 N–H and O–H groups in total. The summed E-state index contributed by atoms with van der Waals surface area (Å²) >= 11 is 6.52. The molecule has 0 saturated carbocycles. The zero-order valence-corrected chi connectivity index (χ0v) is 14.2. The van der Waals surface area contributed by atoms with Crippen LogP contribution in [0.1, 0.15) is 21.7 Å². The number of aromatic amines is 1. The van der Waals surface area contributed by atoms with Gasteiger partial charge in [-0.2, -0.15) is 10.3 Å². The molecule has 10 heteroatoms. The third-order valence-electron chi connectivity index (χ3n) is 3.82. The van der Waals surface area contributed by atoms with Crippen molar-refractivity contribution in [2.75, 3.05) is 0 Å². The van der Waals surface area contributed by atoms with Gasteiger partial charge in [0.1, 0.15) is 15.8 Å². The van der Waals surface area contributed by atoms with Gasteiger partial charge in [0.15, 0.2) is 5.69 Å². The molecule has 2 unspecified atom stereocenters. The number of nitrogens with one attached hydrogen (secondary N) is 1. The second kappa shape index (κ2) is 6.10. The Balaban J connectivity index is 2.16. The molecular formula is C15H13ClN4O4S. The van der Waals surface area contributed by atoms with Gasteiger partial charge in [0.05, 0.1) is 0 Å². The molecule has 0 spiro atoms. The Kier molecular flexibility index (Phi) is 4.23. The predicted molar refractivity (Wildman–Crippen MR) is 91.3 cm³/mol. The summed E-state index contributed by atoms with van der Waals surface area (Å²) < 4.78 is 24.3. The van der Waals surface area contributed by atoms with Crippen LogP contribution in [0.2, 0.25) is 0 Å². The summed E-state index contributed by atoms with van der Waals surface area (Å²) in [6.07, 6.45) is 4.36. The number of H-pyrrole nitrogens is 1. The Morgan fingerprint density at radius 2 is 1.96 bits per heavy atom. The molecule has 0 bridgehead atoms. The van der Waals surface area contributed by atoms with Gasteiger partial charge in [-0.25, -0.2) is 18.4 Å². The minimum absolute atomic E-state index is 0.222. The van der Waals surface area contributed by atoms with E-state index in [2.05, 4.69) is 15.4 Å². The minimum atomic E-state index is -4.18. The maximum Gasteiger partial charge on any atom is 0.358 e. The molecular weight excluding hydrogens is 368 g/mol. The number of aromatic nitrogens is 3. The zero-order chi connectivity index (χ0) is 18.2. The second-order valence-corrected chi connectivity index (χ2v) is 7.74. The van der Waals surface area contributed by atoms with E-state index in [0.29, 0.717) is 5.57 Å². The third-order valence-corrected chi connectivity index (χ3v) is 5.71. The maximum absolute atomic E-state index is 12.2. The lowest BCUT2D eigenvalue weighted by Crippen LogP contribution is -2.43. The summed E-state index contributed by atoms with van der Waals surface area (Å²) in [5, 5.41) is 22.6. The number of nitrogens with two attached hydrogens (primary N) is 1. The van der Waals surface area contributed by atoms with Gasteiger partial charge in [-0.3, -0.25) is 0 Å². The van der Waals surface area contributed by atoms with E-state index < -0.39 is 31.8 Å². The first-order valence-electron chi connectivity index (χ1n) is 7.05. The van der Waals surface area contributed by atoms with E-state index in [1.54, 1.807) is 30.3 Å². The molecule has 1 aliphatic rings. The fourth-order valence-corrected chi connectivity index (χ4v) is 4.30. The fraction of sp³-hybridized carbons (Fsp3) is 0.133. The van der Waals surface area contributed by atoms with Crippen LogP contribution in [-0.4, -0.2) is 40.2 Å². The van der Waals surface area contributed by atoms with Crippen molar-refractivity contribution in [1.29, 1.82) is 0 Å². The van der Waals surface area contributed by atoms with Gasteiger partial charge in [-0.1, -0.05) is 48.6 Å². The maximum atomic E-state index is 12.2. The molecule has 1 aromatic carbocycles. The van der Waals surface area contributed by atoms with Crippen molar-refractivity contribution in [3.05, 3.63) is 65.5 Å². The number of carbonyl (C=O) groups is 1. The summed E-state index contributed by atoms with van der Waals surface area (Å²) in [7, 11) is -4.18. The largest absolute Gasteiger partial charge is 0.476 e. The van der Waals surface area contributed by atoms with E-state index in [-0.39, 0.29) is 5.69 Å². The van der Waals surface area contributed by atoms with Crippen LogP contribution in [0.5, 0.6) is 0 Å². The predicted octanol–water partition coefficient (Wildman–Crippen LogP) is 1.25. The monoisotopic (exact) mass is 380 g/mol. The number of allylic oxidation sites excluding steroid dienone is 3. The molecule has 0 fully saturated rings. The molecule has 25 heavy (non-hydrogen) atoms. The van der Waals surface area contributed by atoms with E-state index >= 15 is 0 Å². The number of rotatable bonds is 4. The van der Waals surface area contributed by atoms with Gasteiger partial charge >= 0.3 is 5.97 Å². The number of carboxylic acid groups (broad SMARTS) is 1. The van der Waals surface area contributed by atoms with Gasteiger partial charge in [0, 0.05) is 0 Å². The van der Waals surface area contributed by atoms with Crippen molar-refractivity contribution < 1.29 is 18.3 Å². The quantitative estimate of drug-likeness (QED) is 0.682. The molecule has 8 nitrogen and oxygen atoms in total. The minimum Gasteiger partial charge on any atom is -0.476 e. The van der Waals surface area contributed by atoms with Crippen LogP contribution in [0.15, 0.2) is 48.6 Å². The molecule has 3 rings (SSSR count). The third kappa shape index (κ3) is 3.09. The Hall–Kier alpha value is -2.49. The van der Waals surface area contributed by atoms with Crippen LogP contribution < -0.4 is 5.14 Å². The summed E-state index contributed by atoms with van der Waals surface area (Å²) in [5.74, 6) is -1.39. The lowest BCUT2D eigenvalue weighted by atomic mass is 9.89. The van der Waals surface area contributed by atoms with Gasteiger partial charge in [0.2, 0.25) is 10.0 Å². The van der Waals surface area contributed by atoms with Crippen LogP contribution in [0.25, 0.3) is 5.57 Å². The van der Waals surface area contributed by atoms with Crippen LogP contribution in [-0.2, 0) is 14.9 Å². The number of sulfonamides is 1. The molecule has 1 aromatic heterocycles. The number of benzene rings is 1. The van der Waals surface area contributed by atoms with Crippen LogP contribution in [0.3, 0.4) is 0 Å². The topological polar surface area (TPSA) is 139 Å². The van der Waals surface area contributed by atoms with Crippen LogP contribution >= 0.6 is 11.6 Å². The zero-order valence-electron chi connectivity index (χ0n) is 12.6. The number of alkyl halides is 1. The first kappa shape index (κ1) is 17.3. The number of aromatic carboxylic acids is 1. The number of carboxylic acids is 1. The average Bonchev–Trinajstić information content (AvgIpc) is 3.06. The van der Waals surface area contributed by atoms with Gasteiger partial charge in [0.25, 0.3) is 0 Å².